The minimum absolute atomic E-state index is 0.0595. The number of pyridine rings is 4. The standard InChI is InChI=1S/C18H21N5O3.2C17H19N5O3.C16H17N5O3/c1-11(2)20-17(24)21-12-5-7-13(8-6-12)26-14-9-10-19-16-15(14)22(3)18(25)23(16)4;1-10(2)19-16(23)20-11-4-6-12(7-5-11)25-13-8-9-18-15-14(13)22(3)17(24)21-15;1-10(2)19-16(23)20-11-4-6-12(7-5-11)25-13-8-9-18-15-14(13)21-17(24)22(15)3;1-9(2)18-15(22)19-10-3-5-11(6-4-10)24-12-7-8-17-14-13(12)20-16(23)21-14/h5-11H,1-4H3,(H2,20,21,24);4-10H,1-3H3,(H,18,21,24)(H2,19,20,23);4-10H,1-3H3,(H,21,24)(H2,19,20,23);3-9H,1-2H3,(H2,18,19,22)(H2,17,20,21,23). The van der Waals surface area contributed by atoms with Crippen molar-refractivity contribution in [2.45, 2.75) is 79.6 Å². The number of rotatable bonds is 16. The molecule has 8 aromatic heterocycles. The summed E-state index contributed by atoms with van der Waals surface area (Å²) in [4.78, 5) is 121. The Hall–Kier alpha value is -13.2. The van der Waals surface area contributed by atoms with Crippen molar-refractivity contribution >= 4 is 91.5 Å². The molecule has 12 aromatic rings. The minimum Gasteiger partial charge on any atom is -0.455 e. The van der Waals surface area contributed by atoms with Gasteiger partial charge in [0.25, 0.3) is 0 Å². The number of H-pyrrole nitrogens is 4. The molecule has 8 amide bonds. The third kappa shape index (κ3) is 18.6. The molecule has 0 bridgehead atoms. The molecule has 4 aromatic carbocycles. The molecule has 0 fully saturated rings. The normalized spacial score (nSPS) is 10.9. The number of ether oxygens (including phenoxy) is 4. The topological polar surface area (TPSA) is 404 Å². The Balaban J connectivity index is 0.000000156. The number of nitrogens with one attached hydrogen (secondary N) is 12. The molecule has 32 heteroatoms. The number of carbonyl (C=O) groups is 4. The van der Waals surface area contributed by atoms with Gasteiger partial charge in [-0.1, -0.05) is 0 Å². The summed E-state index contributed by atoms with van der Waals surface area (Å²) in [7, 11) is 6.64. The molecular weight excluding hydrogens is 1290 g/mol. The Bertz CT molecular complexity index is 5100. The van der Waals surface area contributed by atoms with Crippen molar-refractivity contribution < 1.29 is 38.1 Å². The number of aryl methyl sites for hydroxylation is 4. The maximum absolute atomic E-state index is 12.1. The summed E-state index contributed by atoms with van der Waals surface area (Å²) in [5.74, 6) is 4.35. The van der Waals surface area contributed by atoms with E-state index in [1.807, 2.05) is 55.4 Å². The minimum atomic E-state index is -0.343. The van der Waals surface area contributed by atoms with Crippen molar-refractivity contribution in [1.29, 1.82) is 0 Å². The number of anilines is 4. The fraction of sp³-hybridized carbons (Fsp3) is 0.235. The van der Waals surface area contributed by atoms with Crippen LogP contribution in [-0.2, 0) is 28.2 Å². The van der Waals surface area contributed by atoms with Gasteiger partial charge in [0.2, 0.25) is 0 Å². The van der Waals surface area contributed by atoms with E-state index < -0.39 is 0 Å². The van der Waals surface area contributed by atoms with E-state index >= 15 is 0 Å². The molecule has 0 atom stereocenters. The molecule has 0 aliphatic rings. The summed E-state index contributed by atoms with van der Waals surface area (Å²) in [5, 5.41) is 22.0. The lowest BCUT2D eigenvalue weighted by Crippen LogP contribution is -2.34. The van der Waals surface area contributed by atoms with Crippen molar-refractivity contribution in [3.63, 3.8) is 0 Å². The van der Waals surface area contributed by atoms with E-state index in [9.17, 15) is 38.4 Å². The molecule has 0 radical (unpaired) electrons. The second-order valence-electron chi connectivity index (χ2n) is 23.5. The van der Waals surface area contributed by atoms with E-state index in [1.165, 1.54) is 18.3 Å². The number of aromatic amines is 4. The maximum atomic E-state index is 12.1. The molecule has 0 spiro atoms. The van der Waals surface area contributed by atoms with E-state index in [0.29, 0.717) is 113 Å². The zero-order valence-corrected chi connectivity index (χ0v) is 56.6. The molecule has 32 nitrogen and oxygen atoms in total. The fourth-order valence-corrected chi connectivity index (χ4v) is 9.53. The van der Waals surface area contributed by atoms with Gasteiger partial charge in [-0.2, -0.15) is 0 Å². The maximum Gasteiger partial charge on any atom is 0.329 e. The van der Waals surface area contributed by atoms with Crippen LogP contribution in [0.2, 0.25) is 0 Å². The molecule has 0 aliphatic carbocycles. The smallest absolute Gasteiger partial charge is 0.329 e. The van der Waals surface area contributed by atoms with Gasteiger partial charge < -0.3 is 71.4 Å². The first-order valence-corrected chi connectivity index (χ1v) is 31.3. The van der Waals surface area contributed by atoms with Crippen molar-refractivity contribution in [2.75, 3.05) is 21.3 Å². The van der Waals surface area contributed by atoms with Crippen LogP contribution in [0.5, 0.6) is 46.0 Å². The monoisotopic (exact) mass is 1360 g/mol. The lowest BCUT2D eigenvalue weighted by molar-refractivity contribution is 0.249. The first-order valence-electron chi connectivity index (χ1n) is 31.3. The number of nitrogens with zero attached hydrogens (tertiary/aromatic N) is 8. The van der Waals surface area contributed by atoms with E-state index in [-0.39, 0.29) is 71.1 Å². The van der Waals surface area contributed by atoms with Crippen LogP contribution in [0.25, 0.3) is 44.7 Å². The molecule has 0 aliphatic heterocycles. The molecule has 100 heavy (non-hydrogen) atoms. The van der Waals surface area contributed by atoms with Crippen LogP contribution < -0.4 is 84.2 Å². The van der Waals surface area contributed by atoms with E-state index in [2.05, 4.69) is 82.4 Å². The van der Waals surface area contributed by atoms with Crippen LogP contribution in [-0.4, -0.2) is 106 Å². The number of hydrogen-bond acceptors (Lipinski definition) is 16. The van der Waals surface area contributed by atoms with Crippen molar-refractivity contribution in [3.05, 3.63) is 188 Å². The number of carbonyl (C=O) groups excluding carboxylic acids is 4. The second kappa shape index (κ2) is 32.1. The largest absolute Gasteiger partial charge is 0.455 e. The number of imidazole rings is 4. The number of amides is 8. The van der Waals surface area contributed by atoms with Gasteiger partial charge in [-0.3, -0.25) is 28.2 Å². The van der Waals surface area contributed by atoms with Gasteiger partial charge in [-0.15, -0.1) is 0 Å². The van der Waals surface area contributed by atoms with Gasteiger partial charge >= 0.3 is 46.9 Å². The predicted octanol–water partition coefficient (Wildman–Crippen LogP) is 10.3. The Kier molecular flexibility index (Phi) is 22.8. The lowest BCUT2D eigenvalue weighted by atomic mass is 10.3. The molecule has 8 heterocycles. The van der Waals surface area contributed by atoms with Gasteiger partial charge in [0.15, 0.2) is 45.6 Å². The van der Waals surface area contributed by atoms with Crippen LogP contribution in [0, 0.1) is 0 Å². The quantitative estimate of drug-likeness (QED) is 0.0428. The van der Waals surface area contributed by atoms with Crippen molar-refractivity contribution in [2.24, 2.45) is 28.2 Å². The van der Waals surface area contributed by atoms with Crippen LogP contribution in [0.3, 0.4) is 0 Å². The highest BCUT2D eigenvalue weighted by Gasteiger charge is 2.17. The van der Waals surface area contributed by atoms with Gasteiger partial charge in [0.05, 0.1) is 0 Å². The van der Waals surface area contributed by atoms with Gasteiger partial charge in [0, 0.05) is 124 Å². The van der Waals surface area contributed by atoms with E-state index in [1.54, 1.807) is 174 Å². The first kappa shape index (κ1) is 71.1. The molecule has 0 saturated carbocycles. The van der Waals surface area contributed by atoms with Gasteiger partial charge in [-0.05, 0) is 152 Å². The Morgan fingerprint density at radius 2 is 0.690 bits per heavy atom. The third-order valence-corrected chi connectivity index (χ3v) is 14.0. The van der Waals surface area contributed by atoms with E-state index in [4.69, 9.17) is 18.9 Å². The molecule has 12 rings (SSSR count). The zero-order chi connectivity index (χ0) is 71.9. The Morgan fingerprint density at radius 1 is 0.350 bits per heavy atom. The SMILES string of the molecule is CC(C)NC(=O)Nc1ccc(Oc2ccnc3[nH]c(=O)[nH]c23)cc1.CC(C)NC(=O)Nc1ccc(Oc2ccnc3[nH]c(=O)n(C)c23)cc1.CC(C)NC(=O)Nc1ccc(Oc2ccnc3c2[nH]c(=O)n3C)cc1.CC(C)NC(=O)Nc1ccc(Oc2ccnc3c2n(C)c(=O)n3C)cc1. The summed E-state index contributed by atoms with van der Waals surface area (Å²) >= 11 is 0. The van der Waals surface area contributed by atoms with Gasteiger partial charge in [-0.25, -0.2) is 58.3 Å². The highest BCUT2D eigenvalue weighted by atomic mass is 16.5. The molecule has 520 valence electrons. The lowest BCUT2D eigenvalue weighted by Gasteiger charge is -2.11. The van der Waals surface area contributed by atoms with E-state index in [0.717, 1.165) is 0 Å². The summed E-state index contributed by atoms with van der Waals surface area (Å²) in [6, 6.07) is 33.7. The fourth-order valence-electron chi connectivity index (χ4n) is 9.53. The molecule has 12 N–H and O–H groups in total. The number of benzene rings is 4. The number of fused-ring (bicyclic) bond motifs is 4. The van der Waals surface area contributed by atoms with Crippen LogP contribution >= 0.6 is 0 Å². The summed E-state index contributed by atoms with van der Waals surface area (Å²) in [5.41, 5.74) is 5.81. The summed E-state index contributed by atoms with van der Waals surface area (Å²) < 4.78 is 29.2. The van der Waals surface area contributed by atoms with Gasteiger partial charge in [0.1, 0.15) is 45.1 Å². The third-order valence-electron chi connectivity index (χ3n) is 14.0. The molecule has 0 saturated heterocycles. The van der Waals surface area contributed by atoms with Crippen LogP contribution in [0.15, 0.2) is 165 Å². The predicted molar refractivity (Wildman–Crippen MR) is 381 cm³/mol. The first-order chi connectivity index (χ1) is 47.7. The van der Waals surface area contributed by atoms with Crippen molar-refractivity contribution in [3.8, 4) is 46.0 Å². The Morgan fingerprint density at radius 3 is 1.10 bits per heavy atom. The number of hydrogen-bond donors (Lipinski definition) is 12. The summed E-state index contributed by atoms with van der Waals surface area (Å²) in [6.07, 6.45) is 6.30. The van der Waals surface area contributed by atoms with Crippen LogP contribution in [0.1, 0.15) is 55.4 Å². The summed E-state index contributed by atoms with van der Waals surface area (Å²) in [6.45, 7) is 15.1. The average molecular weight is 1370 g/mol. The van der Waals surface area contributed by atoms with Crippen LogP contribution in [0.4, 0.5) is 41.9 Å². The molecule has 0 unspecified atom stereocenters. The zero-order valence-electron chi connectivity index (χ0n) is 56.6. The molecular formula is C68H76N20O12. The second-order valence-corrected chi connectivity index (χ2v) is 23.5. The highest BCUT2D eigenvalue weighted by molar-refractivity contribution is 5.92. The average Bonchev–Trinajstić information content (AvgIpc) is 1.62. The number of aromatic nitrogens is 12. The highest BCUT2D eigenvalue weighted by Crippen LogP contribution is 2.32. The van der Waals surface area contributed by atoms with Crippen molar-refractivity contribution in [1.82, 2.24) is 79.4 Å². The Labute approximate surface area is 569 Å². The number of urea groups is 4.